The molecule has 2 amide bonds. The van der Waals surface area contributed by atoms with Gasteiger partial charge < -0.3 is 15.3 Å². The number of aliphatic hydroxyl groups excluding tert-OH is 1. The van der Waals surface area contributed by atoms with Gasteiger partial charge in [-0.15, -0.1) is 0 Å². The first kappa shape index (κ1) is 21.9. The zero-order chi connectivity index (χ0) is 22.8. The van der Waals surface area contributed by atoms with Crippen molar-refractivity contribution >= 4 is 11.7 Å². The Labute approximate surface area is 194 Å². The van der Waals surface area contributed by atoms with E-state index in [1.807, 2.05) is 4.90 Å². The highest BCUT2D eigenvalue weighted by Gasteiger charge is 2.49. The molecule has 2 aromatic carbocycles. The lowest BCUT2D eigenvalue weighted by Gasteiger charge is -2.57. The molecule has 2 N–H and O–H groups in total. The minimum atomic E-state index is -0.373. The third-order valence-electron chi connectivity index (χ3n) is 7.03. The average Bonchev–Trinajstić information content (AvgIpc) is 3.62. The fourth-order valence-corrected chi connectivity index (χ4v) is 5.10. The topological polar surface area (TPSA) is 55.8 Å². The normalized spacial score (nSPS) is 25.0. The van der Waals surface area contributed by atoms with Gasteiger partial charge in [0.2, 0.25) is 0 Å². The van der Waals surface area contributed by atoms with Gasteiger partial charge in [0.05, 0.1) is 6.61 Å². The number of amides is 2. The van der Waals surface area contributed by atoms with Crippen molar-refractivity contribution in [3.8, 4) is 11.8 Å². The summed E-state index contributed by atoms with van der Waals surface area (Å²) in [5.41, 5.74) is 2.66. The van der Waals surface area contributed by atoms with E-state index in [-0.39, 0.29) is 36.5 Å². The van der Waals surface area contributed by atoms with E-state index in [0.717, 1.165) is 24.9 Å². The van der Waals surface area contributed by atoms with Crippen molar-refractivity contribution in [2.24, 2.45) is 5.92 Å². The lowest BCUT2D eigenvalue weighted by atomic mass is 9.74. The van der Waals surface area contributed by atoms with Crippen LogP contribution in [0.15, 0.2) is 48.5 Å². The molecule has 0 unspecified atom stereocenters. The Balaban J connectivity index is 1.32. The monoisotopic (exact) mass is 447 g/mol. The predicted octanol–water partition coefficient (Wildman–Crippen LogP) is 4.04. The van der Waals surface area contributed by atoms with Crippen LogP contribution in [0.3, 0.4) is 0 Å². The molecule has 2 heterocycles. The lowest BCUT2D eigenvalue weighted by Crippen LogP contribution is -2.68. The summed E-state index contributed by atoms with van der Waals surface area (Å²) in [5, 5.41) is 13.0. The van der Waals surface area contributed by atoms with Crippen molar-refractivity contribution in [3.63, 3.8) is 0 Å². The standard InChI is InChI=1S/C27H30FN3O2/c28-22-4-3-5-23(16-22)29-27(33)30-14-1-2-15-31-24(17-30)26(25(31)18-32)21-12-10-20(11-13-21)9-8-19-6-7-19/h3-5,10-13,16,19,24-26,32H,1-2,6-7,14-15,17-18H2,(H,29,33)/t24-,25+,26-/m1/s1. The lowest BCUT2D eigenvalue weighted by molar-refractivity contribution is -0.0585. The molecule has 5 rings (SSSR count). The molecule has 0 bridgehead atoms. The van der Waals surface area contributed by atoms with Gasteiger partial charge in [0.25, 0.3) is 0 Å². The van der Waals surface area contributed by atoms with E-state index in [1.165, 1.54) is 30.5 Å². The molecule has 2 aliphatic heterocycles. The number of carbonyl (C=O) groups excluding carboxylic acids is 1. The molecule has 1 aliphatic carbocycles. The van der Waals surface area contributed by atoms with E-state index in [4.69, 9.17) is 0 Å². The molecule has 3 fully saturated rings. The maximum absolute atomic E-state index is 13.5. The van der Waals surface area contributed by atoms with Crippen LogP contribution in [0.25, 0.3) is 0 Å². The Bertz CT molecular complexity index is 1060. The minimum Gasteiger partial charge on any atom is -0.395 e. The van der Waals surface area contributed by atoms with Crippen LogP contribution in [0.2, 0.25) is 0 Å². The molecular formula is C27H30FN3O2. The van der Waals surface area contributed by atoms with Crippen LogP contribution in [-0.4, -0.2) is 59.3 Å². The van der Waals surface area contributed by atoms with Gasteiger partial charge in [0.15, 0.2) is 0 Å². The number of hydrogen-bond acceptors (Lipinski definition) is 3. The van der Waals surface area contributed by atoms with Gasteiger partial charge in [-0.3, -0.25) is 4.90 Å². The summed E-state index contributed by atoms with van der Waals surface area (Å²) in [6, 6.07) is 14.3. The van der Waals surface area contributed by atoms with Gasteiger partial charge in [-0.05, 0) is 68.1 Å². The van der Waals surface area contributed by atoms with Crippen molar-refractivity contribution in [2.45, 2.75) is 43.7 Å². The number of fused-ring (bicyclic) bond motifs is 1. The summed E-state index contributed by atoms with van der Waals surface area (Å²) < 4.78 is 13.5. The summed E-state index contributed by atoms with van der Waals surface area (Å²) >= 11 is 0. The molecule has 2 saturated heterocycles. The Morgan fingerprint density at radius 2 is 1.91 bits per heavy atom. The first-order chi connectivity index (χ1) is 16.1. The van der Waals surface area contributed by atoms with Crippen molar-refractivity contribution < 1.29 is 14.3 Å². The summed E-state index contributed by atoms with van der Waals surface area (Å²) in [6.45, 7) is 2.26. The first-order valence-electron chi connectivity index (χ1n) is 11.9. The van der Waals surface area contributed by atoms with E-state index in [0.29, 0.717) is 24.7 Å². The average molecular weight is 448 g/mol. The zero-order valence-corrected chi connectivity index (χ0v) is 18.7. The van der Waals surface area contributed by atoms with Crippen LogP contribution in [0.1, 0.15) is 42.7 Å². The summed E-state index contributed by atoms with van der Waals surface area (Å²) in [5.74, 6) is 6.91. The zero-order valence-electron chi connectivity index (χ0n) is 18.7. The molecule has 0 spiro atoms. The second-order valence-electron chi connectivity index (χ2n) is 9.34. The molecular weight excluding hydrogens is 417 g/mol. The molecule has 6 heteroatoms. The van der Waals surface area contributed by atoms with Crippen molar-refractivity contribution in [1.29, 1.82) is 0 Å². The maximum Gasteiger partial charge on any atom is 0.321 e. The van der Waals surface area contributed by atoms with E-state index >= 15 is 0 Å². The number of nitrogens with one attached hydrogen (secondary N) is 1. The van der Waals surface area contributed by atoms with E-state index < -0.39 is 0 Å². The second kappa shape index (κ2) is 9.54. The first-order valence-corrected chi connectivity index (χ1v) is 11.9. The SMILES string of the molecule is O=C(Nc1cccc(F)c1)N1CCCCN2[C@H](C1)[C@@H](c1ccc(C#CC3CC3)cc1)[C@@H]2CO. The van der Waals surface area contributed by atoms with Crippen molar-refractivity contribution in [1.82, 2.24) is 9.80 Å². The molecule has 172 valence electrons. The van der Waals surface area contributed by atoms with Crippen LogP contribution in [-0.2, 0) is 0 Å². The highest BCUT2D eigenvalue weighted by molar-refractivity contribution is 5.89. The maximum atomic E-state index is 13.5. The Morgan fingerprint density at radius 3 is 2.64 bits per heavy atom. The van der Waals surface area contributed by atoms with Crippen LogP contribution >= 0.6 is 0 Å². The largest absolute Gasteiger partial charge is 0.395 e. The third-order valence-corrected chi connectivity index (χ3v) is 7.03. The van der Waals surface area contributed by atoms with E-state index in [9.17, 15) is 14.3 Å². The van der Waals surface area contributed by atoms with Gasteiger partial charge in [0, 0.05) is 48.3 Å². The van der Waals surface area contributed by atoms with E-state index in [1.54, 1.807) is 12.1 Å². The van der Waals surface area contributed by atoms with Gasteiger partial charge in [-0.1, -0.05) is 30.0 Å². The number of rotatable bonds is 3. The van der Waals surface area contributed by atoms with Crippen molar-refractivity contribution in [3.05, 3.63) is 65.5 Å². The van der Waals surface area contributed by atoms with Gasteiger partial charge >= 0.3 is 6.03 Å². The molecule has 0 aromatic heterocycles. The molecule has 3 atom stereocenters. The fourth-order valence-electron chi connectivity index (χ4n) is 5.10. The smallest absolute Gasteiger partial charge is 0.321 e. The number of benzene rings is 2. The third kappa shape index (κ3) is 4.90. The number of hydrogen-bond donors (Lipinski definition) is 2. The molecule has 2 aromatic rings. The number of urea groups is 1. The Hall–Kier alpha value is -2.88. The highest BCUT2D eigenvalue weighted by atomic mass is 19.1. The summed E-state index contributed by atoms with van der Waals surface area (Å²) in [6.07, 6.45) is 4.30. The van der Waals surface area contributed by atoms with Gasteiger partial charge in [-0.25, -0.2) is 9.18 Å². The van der Waals surface area contributed by atoms with Crippen LogP contribution in [0.5, 0.6) is 0 Å². The molecule has 1 saturated carbocycles. The van der Waals surface area contributed by atoms with Gasteiger partial charge in [0.1, 0.15) is 5.82 Å². The molecule has 33 heavy (non-hydrogen) atoms. The second-order valence-corrected chi connectivity index (χ2v) is 9.34. The van der Waals surface area contributed by atoms with Crippen LogP contribution < -0.4 is 5.32 Å². The summed E-state index contributed by atoms with van der Waals surface area (Å²) in [4.78, 5) is 17.2. The highest BCUT2D eigenvalue weighted by Crippen LogP contribution is 2.42. The number of nitrogens with zero attached hydrogens (tertiary/aromatic N) is 2. The predicted molar refractivity (Wildman–Crippen MR) is 126 cm³/mol. The van der Waals surface area contributed by atoms with Crippen LogP contribution in [0.4, 0.5) is 14.9 Å². The number of anilines is 1. The molecule has 0 radical (unpaired) electrons. The minimum absolute atomic E-state index is 0.0598. The fraction of sp³-hybridized carbons (Fsp3) is 0.444. The molecule has 5 nitrogen and oxygen atoms in total. The van der Waals surface area contributed by atoms with Crippen LogP contribution in [0, 0.1) is 23.6 Å². The Kier molecular flexibility index (Phi) is 6.34. The number of carbonyl (C=O) groups is 1. The summed E-state index contributed by atoms with van der Waals surface area (Å²) in [7, 11) is 0. The molecule has 3 aliphatic rings. The number of halogens is 1. The van der Waals surface area contributed by atoms with E-state index in [2.05, 4.69) is 46.3 Å². The Morgan fingerprint density at radius 1 is 1.12 bits per heavy atom. The van der Waals surface area contributed by atoms with Crippen molar-refractivity contribution in [2.75, 3.05) is 31.6 Å². The number of aliphatic hydroxyl groups is 1. The quantitative estimate of drug-likeness (QED) is 0.699. The van der Waals surface area contributed by atoms with Gasteiger partial charge in [-0.2, -0.15) is 0 Å².